The Morgan fingerprint density at radius 3 is 2.17 bits per heavy atom. The number of benzene rings is 3. The van der Waals surface area contributed by atoms with Gasteiger partial charge in [0.2, 0.25) is 17.6 Å². The molecule has 1 aromatic heterocycles. The number of esters is 1. The highest BCUT2D eigenvalue weighted by Gasteiger charge is 2.52. The number of Topliss-reactive ketones (excluding diaryl/α,β-unsaturated/α-hetero) is 1. The van der Waals surface area contributed by atoms with Gasteiger partial charge in [-0.15, -0.1) is 11.6 Å². The maximum absolute atomic E-state index is 13.7. The molecule has 2 aliphatic rings. The lowest BCUT2D eigenvalue weighted by Crippen LogP contribution is -2.34. The summed E-state index contributed by atoms with van der Waals surface area (Å²) in [6, 6.07) is 18.8. The van der Waals surface area contributed by atoms with Crippen LogP contribution in [0.4, 0.5) is 10.1 Å². The second kappa shape index (κ2) is 13.6. The van der Waals surface area contributed by atoms with E-state index in [2.05, 4.69) is 47.8 Å². The minimum atomic E-state index is -1.19. The highest BCUT2D eigenvalue weighted by molar-refractivity contribution is 9.12. The second-order valence-electron chi connectivity index (χ2n) is 11.2. The van der Waals surface area contributed by atoms with Crippen LogP contribution in [-0.4, -0.2) is 50.2 Å². The van der Waals surface area contributed by atoms with Crippen molar-refractivity contribution in [2.45, 2.75) is 35.0 Å². The predicted molar refractivity (Wildman–Crippen MR) is 184 cm³/mol. The molecule has 2 fully saturated rings. The molecule has 5 atom stereocenters. The number of fused-ring (bicyclic) bond motifs is 2. The van der Waals surface area contributed by atoms with E-state index in [-0.39, 0.29) is 56.7 Å². The topological polar surface area (TPSA) is 93.6 Å². The summed E-state index contributed by atoms with van der Waals surface area (Å²) < 4.78 is 19.9. The lowest BCUT2D eigenvalue weighted by atomic mass is 9.81. The number of anilines is 1. The number of amides is 2. The molecule has 2 amide bonds. The van der Waals surface area contributed by atoms with Gasteiger partial charge in [0, 0.05) is 42.9 Å². The number of nitrogens with zero attached hydrogens (tertiary/aromatic N) is 2. The van der Waals surface area contributed by atoms with E-state index in [1.165, 1.54) is 17.0 Å². The Bertz CT molecular complexity index is 1830. The highest BCUT2D eigenvalue weighted by atomic mass is 79.9. The third kappa shape index (κ3) is 6.43. The van der Waals surface area contributed by atoms with E-state index in [1.807, 2.05) is 0 Å². The van der Waals surface area contributed by atoms with Crippen molar-refractivity contribution in [3.8, 4) is 11.3 Å². The fraction of sp³-hybridized carbons (Fsp3) is 0.265. The quantitative estimate of drug-likeness (QED) is 0.0769. The standard InChI is InChI=1S/C34H25Br3ClFN2O5/c35-19-5-10-28-22(13-19)25(34(45)46-30(11-12-38)31(42)18-1-6-20(39)7-2-18)16-29(40-28)17-3-8-21(9-4-17)41-32(43)23-14-26(36)27(37)15-24(23)33(41)44/h1-10,13,16,23-24,26-27,30H,11-12,14-15H2. The molecule has 1 saturated carbocycles. The zero-order chi connectivity index (χ0) is 32.7. The third-order valence-corrected chi connectivity index (χ3v) is 11.8. The zero-order valence-electron chi connectivity index (χ0n) is 24.0. The molecule has 0 bridgehead atoms. The maximum Gasteiger partial charge on any atom is 0.339 e. The lowest BCUT2D eigenvalue weighted by molar-refractivity contribution is -0.122. The van der Waals surface area contributed by atoms with Crippen molar-refractivity contribution >= 4 is 99.5 Å². The number of alkyl halides is 3. The van der Waals surface area contributed by atoms with Crippen molar-refractivity contribution in [2.24, 2.45) is 11.8 Å². The summed E-state index contributed by atoms with van der Waals surface area (Å²) >= 11 is 16.6. The van der Waals surface area contributed by atoms with E-state index in [1.54, 1.807) is 48.5 Å². The van der Waals surface area contributed by atoms with Gasteiger partial charge in [-0.1, -0.05) is 59.9 Å². The first kappa shape index (κ1) is 32.9. The van der Waals surface area contributed by atoms with E-state index in [4.69, 9.17) is 21.3 Å². The van der Waals surface area contributed by atoms with Gasteiger partial charge in [-0.2, -0.15) is 0 Å². The highest BCUT2D eigenvalue weighted by Crippen LogP contribution is 2.44. The predicted octanol–water partition coefficient (Wildman–Crippen LogP) is 8.27. The van der Waals surface area contributed by atoms with Gasteiger partial charge in [-0.05, 0) is 73.5 Å². The van der Waals surface area contributed by atoms with Gasteiger partial charge in [0.1, 0.15) is 5.82 Å². The normalized spacial score (nSPS) is 21.7. The number of hydrogen-bond acceptors (Lipinski definition) is 6. The molecule has 12 heteroatoms. The van der Waals surface area contributed by atoms with Crippen molar-refractivity contribution in [1.29, 1.82) is 0 Å². The van der Waals surface area contributed by atoms with Crippen LogP contribution in [0.5, 0.6) is 0 Å². The van der Waals surface area contributed by atoms with E-state index in [9.17, 15) is 23.6 Å². The molecular formula is C34H25Br3ClFN2O5. The molecule has 3 aromatic carbocycles. The minimum Gasteiger partial charge on any atom is -0.450 e. The number of ketones is 1. The SMILES string of the molecule is O=C(OC(CCCl)C(=O)c1ccc(F)cc1)c1cc(-c2ccc(N3C(=O)C4CC(Br)C(Br)CC4C3=O)cc2)nc2ccc(Br)cc12. The molecule has 6 rings (SSSR count). The number of halogens is 5. The van der Waals surface area contributed by atoms with E-state index in [0.29, 0.717) is 45.2 Å². The van der Waals surface area contributed by atoms with Crippen LogP contribution in [0.3, 0.4) is 0 Å². The lowest BCUT2D eigenvalue weighted by Gasteiger charge is -2.29. The van der Waals surface area contributed by atoms with Gasteiger partial charge >= 0.3 is 5.97 Å². The summed E-state index contributed by atoms with van der Waals surface area (Å²) in [5, 5.41) is 0.504. The Kier molecular flexibility index (Phi) is 9.75. The molecule has 1 saturated heterocycles. The number of aromatic nitrogens is 1. The monoisotopic (exact) mass is 832 g/mol. The molecule has 7 nitrogen and oxygen atoms in total. The number of carbonyl (C=O) groups is 4. The average molecular weight is 836 g/mol. The molecule has 2 heterocycles. The number of hydrogen-bond donors (Lipinski definition) is 0. The molecule has 4 aromatic rings. The summed E-state index contributed by atoms with van der Waals surface area (Å²) in [4.78, 5) is 59.7. The Balaban J connectivity index is 1.30. The Morgan fingerprint density at radius 1 is 0.935 bits per heavy atom. The van der Waals surface area contributed by atoms with Gasteiger partial charge in [0.15, 0.2) is 6.10 Å². The smallest absolute Gasteiger partial charge is 0.339 e. The Morgan fingerprint density at radius 2 is 1.57 bits per heavy atom. The summed E-state index contributed by atoms with van der Waals surface area (Å²) in [6.07, 6.45) is 0.0354. The summed E-state index contributed by atoms with van der Waals surface area (Å²) in [7, 11) is 0. The minimum absolute atomic E-state index is 0.0576. The zero-order valence-corrected chi connectivity index (χ0v) is 29.5. The number of rotatable bonds is 8. The van der Waals surface area contributed by atoms with Crippen molar-refractivity contribution in [3.05, 3.63) is 94.2 Å². The maximum atomic E-state index is 13.7. The summed E-state index contributed by atoms with van der Waals surface area (Å²) in [5.41, 5.74) is 2.44. The first-order valence-electron chi connectivity index (χ1n) is 14.5. The van der Waals surface area contributed by atoms with E-state index in [0.717, 1.165) is 12.1 Å². The van der Waals surface area contributed by atoms with Crippen LogP contribution in [-0.2, 0) is 14.3 Å². The van der Waals surface area contributed by atoms with Crippen LogP contribution in [0.25, 0.3) is 22.2 Å². The fourth-order valence-corrected chi connectivity index (χ4v) is 7.78. The number of ether oxygens (including phenoxy) is 1. The molecule has 0 N–H and O–H groups in total. The average Bonchev–Trinajstić information content (AvgIpc) is 3.28. The molecule has 0 radical (unpaired) electrons. The van der Waals surface area contributed by atoms with E-state index < -0.39 is 23.7 Å². The van der Waals surface area contributed by atoms with Gasteiger partial charge in [-0.25, -0.2) is 14.2 Å². The van der Waals surface area contributed by atoms with Crippen LogP contribution in [0.2, 0.25) is 0 Å². The largest absolute Gasteiger partial charge is 0.450 e. The van der Waals surface area contributed by atoms with Crippen molar-refractivity contribution < 1.29 is 28.3 Å². The summed E-state index contributed by atoms with van der Waals surface area (Å²) in [6.45, 7) is 0. The third-order valence-electron chi connectivity index (χ3n) is 8.37. The van der Waals surface area contributed by atoms with Crippen LogP contribution in [0.1, 0.15) is 40.0 Å². The van der Waals surface area contributed by atoms with Crippen molar-refractivity contribution in [3.63, 3.8) is 0 Å². The van der Waals surface area contributed by atoms with Crippen LogP contribution < -0.4 is 4.90 Å². The molecule has 46 heavy (non-hydrogen) atoms. The van der Waals surface area contributed by atoms with E-state index >= 15 is 0 Å². The van der Waals surface area contributed by atoms with Gasteiger partial charge in [0.25, 0.3) is 0 Å². The number of pyridine rings is 1. The molecule has 0 spiro atoms. The second-order valence-corrected chi connectivity index (χ2v) is 14.9. The molecule has 1 aliphatic heterocycles. The van der Waals surface area contributed by atoms with Crippen LogP contribution in [0, 0.1) is 17.7 Å². The molecular weight excluding hydrogens is 811 g/mol. The molecule has 236 valence electrons. The van der Waals surface area contributed by atoms with Crippen molar-refractivity contribution in [1.82, 2.24) is 4.98 Å². The first-order valence-corrected chi connectivity index (χ1v) is 17.6. The number of carbonyl (C=O) groups excluding carboxylic acids is 4. The Hall–Kier alpha value is -2.99. The molecule has 5 unspecified atom stereocenters. The fourth-order valence-electron chi connectivity index (χ4n) is 5.98. The van der Waals surface area contributed by atoms with Crippen LogP contribution >= 0.6 is 59.4 Å². The van der Waals surface area contributed by atoms with Gasteiger partial charge < -0.3 is 4.74 Å². The van der Waals surface area contributed by atoms with Crippen molar-refractivity contribution in [2.75, 3.05) is 10.8 Å². The number of imide groups is 1. The van der Waals surface area contributed by atoms with Gasteiger partial charge in [0.05, 0.1) is 34.3 Å². The van der Waals surface area contributed by atoms with Crippen LogP contribution in [0.15, 0.2) is 77.3 Å². The molecule has 1 aliphatic carbocycles. The Labute approximate surface area is 294 Å². The first-order chi connectivity index (χ1) is 22.0. The summed E-state index contributed by atoms with van der Waals surface area (Å²) in [5.74, 6) is -2.80. The van der Waals surface area contributed by atoms with Gasteiger partial charge in [-0.3, -0.25) is 19.3 Å².